The van der Waals surface area contributed by atoms with Crippen LogP contribution in [0.15, 0.2) is 23.1 Å². The molecule has 1 N–H and O–H groups in total. The fourth-order valence-electron chi connectivity index (χ4n) is 1.68. The molecule has 17 heavy (non-hydrogen) atoms. The topological polar surface area (TPSA) is 54.4 Å². The zero-order valence-electron chi connectivity index (χ0n) is 11.0. The molecule has 1 aromatic rings. The molecule has 0 radical (unpaired) electrons. The molecule has 0 heterocycles. The summed E-state index contributed by atoms with van der Waals surface area (Å²) < 4.78 is 32.1. The normalized spacial score (nSPS) is 13.1. The van der Waals surface area contributed by atoms with Gasteiger partial charge in [0.2, 0.25) is 0 Å². The molecular weight excluding hydrogens is 236 g/mol. The molecule has 1 aromatic carbocycles. The summed E-state index contributed by atoms with van der Waals surface area (Å²) in [6.07, 6.45) is 0. The summed E-state index contributed by atoms with van der Waals surface area (Å²) in [4.78, 5) is 0.0156. The van der Waals surface area contributed by atoms with Gasteiger partial charge in [0.05, 0.1) is 4.90 Å². The van der Waals surface area contributed by atoms with Crippen LogP contribution >= 0.6 is 0 Å². The Hall–Kier alpha value is -0.870. The molecule has 0 aliphatic heterocycles. The van der Waals surface area contributed by atoms with Gasteiger partial charge in [-0.1, -0.05) is 45.4 Å². The van der Waals surface area contributed by atoms with Crippen LogP contribution in [0.3, 0.4) is 0 Å². The Labute approximate surface area is 104 Å². The summed E-state index contributed by atoms with van der Waals surface area (Å²) in [6.45, 7) is 9.96. The second-order valence-electron chi connectivity index (χ2n) is 5.35. The summed E-state index contributed by atoms with van der Waals surface area (Å²) >= 11 is 0. The molecular formula is C13H20O3S. The van der Waals surface area contributed by atoms with Gasteiger partial charge >= 0.3 is 0 Å². The predicted molar refractivity (Wildman–Crippen MR) is 68.9 cm³/mol. The first kappa shape index (κ1) is 14.2. The Morgan fingerprint density at radius 1 is 1.24 bits per heavy atom. The molecule has 0 aromatic heterocycles. The Morgan fingerprint density at radius 2 is 1.76 bits per heavy atom. The minimum absolute atomic E-state index is 0.0156. The highest BCUT2D eigenvalue weighted by Gasteiger charge is 2.30. The second kappa shape index (κ2) is 4.42. The zero-order chi connectivity index (χ0) is 13.4. The summed E-state index contributed by atoms with van der Waals surface area (Å²) in [5.41, 5.74) is 1.35. The van der Waals surface area contributed by atoms with Crippen LogP contribution < -0.4 is 0 Å². The Kier molecular flexibility index (Phi) is 3.69. The maximum atomic E-state index is 11.4. The average Bonchev–Trinajstić information content (AvgIpc) is 2.15. The van der Waals surface area contributed by atoms with Crippen molar-refractivity contribution in [2.45, 2.75) is 44.9 Å². The van der Waals surface area contributed by atoms with E-state index in [-0.39, 0.29) is 16.2 Å². The van der Waals surface area contributed by atoms with Gasteiger partial charge in [0.1, 0.15) is 0 Å². The maximum absolute atomic E-state index is 11.4. The van der Waals surface area contributed by atoms with Gasteiger partial charge in [0, 0.05) is 0 Å². The highest BCUT2D eigenvalue weighted by atomic mass is 32.2. The minimum Gasteiger partial charge on any atom is -0.282 e. The lowest BCUT2D eigenvalue weighted by atomic mass is 9.75. The zero-order valence-corrected chi connectivity index (χ0v) is 11.8. The first-order chi connectivity index (χ1) is 7.56. The van der Waals surface area contributed by atoms with Crippen molar-refractivity contribution in [3.63, 3.8) is 0 Å². The van der Waals surface area contributed by atoms with Crippen molar-refractivity contribution in [1.29, 1.82) is 0 Å². The van der Waals surface area contributed by atoms with Crippen molar-refractivity contribution < 1.29 is 13.0 Å². The third-order valence-corrected chi connectivity index (χ3v) is 4.46. The summed E-state index contributed by atoms with van der Waals surface area (Å²) in [5, 5.41) is 0. The molecule has 0 saturated carbocycles. The molecule has 4 heteroatoms. The molecule has 0 aliphatic carbocycles. The van der Waals surface area contributed by atoms with Gasteiger partial charge in [-0.3, -0.25) is 4.55 Å². The Morgan fingerprint density at radius 3 is 2.18 bits per heavy atom. The Bertz CT molecular complexity index is 513. The third-order valence-electron chi connectivity index (χ3n) is 3.55. The van der Waals surface area contributed by atoms with Crippen molar-refractivity contribution >= 4 is 10.1 Å². The van der Waals surface area contributed by atoms with Crippen molar-refractivity contribution in [1.82, 2.24) is 0 Å². The van der Waals surface area contributed by atoms with Crippen LogP contribution in [0.1, 0.15) is 38.8 Å². The fourth-order valence-corrected chi connectivity index (χ4v) is 2.52. The molecule has 0 bridgehead atoms. The van der Waals surface area contributed by atoms with E-state index in [9.17, 15) is 13.0 Å². The standard InChI is InChI=1S/C13H20O3S/c1-9(2)13(4,5)11-8-10(3)6-7-12(11)17(14,15)16/h6-9H,1-5H3,(H,14,15,16). The number of hydrogen-bond acceptors (Lipinski definition) is 2. The van der Waals surface area contributed by atoms with Crippen LogP contribution in [-0.4, -0.2) is 13.0 Å². The van der Waals surface area contributed by atoms with E-state index in [2.05, 4.69) is 0 Å². The first-order valence-electron chi connectivity index (χ1n) is 5.65. The highest BCUT2D eigenvalue weighted by Crippen LogP contribution is 2.35. The van der Waals surface area contributed by atoms with Crippen LogP contribution in [0.5, 0.6) is 0 Å². The summed E-state index contributed by atoms with van der Waals surface area (Å²) in [5.74, 6) is 0.268. The molecule has 0 atom stereocenters. The molecule has 0 fully saturated rings. The fraction of sp³-hybridized carbons (Fsp3) is 0.538. The van der Waals surface area contributed by atoms with E-state index in [0.29, 0.717) is 5.56 Å². The van der Waals surface area contributed by atoms with Crippen LogP contribution in [0.2, 0.25) is 0 Å². The molecule has 96 valence electrons. The summed E-state index contributed by atoms with van der Waals surface area (Å²) in [7, 11) is -4.17. The third kappa shape index (κ3) is 2.87. The van der Waals surface area contributed by atoms with E-state index in [1.165, 1.54) is 6.07 Å². The summed E-state index contributed by atoms with van der Waals surface area (Å²) in [6, 6.07) is 5.01. The van der Waals surface area contributed by atoms with Gasteiger partial charge in [-0.2, -0.15) is 8.42 Å². The quantitative estimate of drug-likeness (QED) is 0.845. The van der Waals surface area contributed by atoms with E-state index in [1.807, 2.05) is 40.7 Å². The van der Waals surface area contributed by atoms with Crippen molar-refractivity contribution in [2.75, 3.05) is 0 Å². The number of hydrogen-bond donors (Lipinski definition) is 1. The van der Waals surface area contributed by atoms with E-state index in [4.69, 9.17) is 0 Å². The van der Waals surface area contributed by atoms with Crippen molar-refractivity contribution in [3.05, 3.63) is 29.3 Å². The average molecular weight is 256 g/mol. The lowest BCUT2D eigenvalue weighted by Gasteiger charge is -2.31. The monoisotopic (exact) mass is 256 g/mol. The van der Waals surface area contributed by atoms with Crippen molar-refractivity contribution in [2.24, 2.45) is 5.92 Å². The van der Waals surface area contributed by atoms with Gasteiger partial charge in [-0.15, -0.1) is 0 Å². The van der Waals surface area contributed by atoms with Gasteiger partial charge in [0.15, 0.2) is 0 Å². The Balaban J connectivity index is 3.57. The van der Waals surface area contributed by atoms with Gasteiger partial charge in [0.25, 0.3) is 10.1 Å². The number of aryl methyl sites for hydroxylation is 1. The lowest BCUT2D eigenvalue weighted by molar-refractivity contribution is 0.363. The van der Waals surface area contributed by atoms with Gasteiger partial charge < -0.3 is 0 Å². The minimum atomic E-state index is -4.17. The molecule has 0 amide bonds. The highest BCUT2D eigenvalue weighted by molar-refractivity contribution is 7.85. The molecule has 0 unspecified atom stereocenters. The van der Waals surface area contributed by atoms with E-state index >= 15 is 0 Å². The molecule has 0 saturated heterocycles. The SMILES string of the molecule is Cc1ccc(S(=O)(=O)O)c(C(C)(C)C(C)C)c1. The van der Waals surface area contributed by atoms with Crippen LogP contribution in [0.4, 0.5) is 0 Å². The molecule has 0 spiro atoms. The number of rotatable bonds is 3. The predicted octanol–water partition coefficient (Wildman–Crippen LogP) is 3.18. The van der Waals surface area contributed by atoms with E-state index < -0.39 is 10.1 Å². The number of benzene rings is 1. The molecule has 3 nitrogen and oxygen atoms in total. The lowest BCUT2D eigenvalue weighted by Crippen LogP contribution is -2.27. The largest absolute Gasteiger partial charge is 0.294 e. The van der Waals surface area contributed by atoms with E-state index in [1.54, 1.807) is 6.07 Å². The van der Waals surface area contributed by atoms with Gasteiger partial charge in [-0.05, 0) is 29.9 Å². The van der Waals surface area contributed by atoms with Crippen LogP contribution in [0.25, 0.3) is 0 Å². The maximum Gasteiger partial charge on any atom is 0.294 e. The molecule has 0 aliphatic rings. The van der Waals surface area contributed by atoms with E-state index in [0.717, 1.165) is 5.56 Å². The molecule has 1 rings (SSSR count). The smallest absolute Gasteiger partial charge is 0.282 e. The van der Waals surface area contributed by atoms with Crippen LogP contribution in [0, 0.1) is 12.8 Å². The van der Waals surface area contributed by atoms with Gasteiger partial charge in [-0.25, -0.2) is 0 Å². The van der Waals surface area contributed by atoms with Crippen LogP contribution in [-0.2, 0) is 15.5 Å². The second-order valence-corrected chi connectivity index (χ2v) is 6.74. The van der Waals surface area contributed by atoms with Crippen molar-refractivity contribution in [3.8, 4) is 0 Å². The first-order valence-corrected chi connectivity index (χ1v) is 7.09.